The third-order valence-corrected chi connectivity index (χ3v) is 4.54. The van der Waals surface area contributed by atoms with Crippen molar-refractivity contribution < 1.29 is 14.2 Å². The van der Waals surface area contributed by atoms with Crippen LogP contribution in [0, 0.1) is 0 Å². The number of hydrogen-bond donors (Lipinski definition) is 1. The molecule has 0 fully saturated rings. The van der Waals surface area contributed by atoms with E-state index in [1.807, 2.05) is 84.9 Å². The predicted molar refractivity (Wildman–Crippen MR) is 110 cm³/mol. The molecule has 1 heterocycles. The van der Waals surface area contributed by atoms with Crippen LogP contribution < -0.4 is 10.1 Å². The van der Waals surface area contributed by atoms with Crippen molar-refractivity contribution in [1.82, 2.24) is 10.3 Å². The molecule has 6 heteroatoms. The SMILES string of the molecule is COc1cccc(NC(C(=O)c2nonc2-c2ccccc2)c2ccccc2)c1. The van der Waals surface area contributed by atoms with Gasteiger partial charge in [0.2, 0.25) is 5.78 Å². The highest BCUT2D eigenvalue weighted by Gasteiger charge is 2.28. The van der Waals surface area contributed by atoms with Crippen LogP contribution in [-0.2, 0) is 0 Å². The Bertz CT molecular complexity index is 1090. The molecular weight excluding hydrogens is 366 g/mol. The summed E-state index contributed by atoms with van der Waals surface area (Å²) in [5, 5.41) is 11.2. The van der Waals surface area contributed by atoms with Crippen molar-refractivity contribution in [2.24, 2.45) is 0 Å². The molecule has 0 amide bonds. The molecule has 1 unspecified atom stereocenters. The van der Waals surface area contributed by atoms with Crippen molar-refractivity contribution >= 4 is 11.5 Å². The molecule has 0 radical (unpaired) electrons. The van der Waals surface area contributed by atoms with Gasteiger partial charge in [0, 0.05) is 17.3 Å². The third-order valence-electron chi connectivity index (χ3n) is 4.54. The van der Waals surface area contributed by atoms with E-state index in [-0.39, 0.29) is 11.5 Å². The Kier molecular flexibility index (Phi) is 5.33. The highest BCUT2D eigenvalue weighted by Crippen LogP contribution is 2.29. The standard InChI is InChI=1S/C23H19N3O3/c1-28-19-14-8-13-18(15-19)24-21(17-11-6-3-7-12-17)23(27)22-20(25-29-26-22)16-9-4-2-5-10-16/h2-15,21,24H,1H3. The largest absolute Gasteiger partial charge is 0.497 e. The lowest BCUT2D eigenvalue weighted by molar-refractivity contribution is 0.0960. The zero-order valence-electron chi connectivity index (χ0n) is 15.8. The second-order valence-electron chi connectivity index (χ2n) is 6.41. The number of methoxy groups -OCH3 is 1. The van der Waals surface area contributed by atoms with Gasteiger partial charge >= 0.3 is 0 Å². The number of rotatable bonds is 7. The van der Waals surface area contributed by atoms with Gasteiger partial charge in [0.25, 0.3) is 0 Å². The first-order valence-corrected chi connectivity index (χ1v) is 9.14. The van der Waals surface area contributed by atoms with Crippen molar-refractivity contribution in [3.63, 3.8) is 0 Å². The van der Waals surface area contributed by atoms with E-state index in [1.165, 1.54) is 0 Å². The van der Waals surface area contributed by atoms with E-state index < -0.39 is 6.04 Å². The molecule has 0 saturated carbocycles. The number of Topliss-reactive ketones (excluding diaryl/α,β-unsaturated/α-hetero) is 1. The summed E-state index contributed by atoms with van der Waals surface area (Å²) in [5.74, 6) is 0.460. The van der Waals surface area contributed by atoms with E-state index in [9.17, 15) is 4.79 Å². The number of nitrogens with one attached hydrogen (secondary N) is 1. The van der Waals surface area contributed by atoms with E-state index in [2.05, 4.69) is 15.6 Å². The maximum Gasteiger partial charge on any atom is 0.213 e. The third kappa shape index (κ3) is 4.01. The van der Waals surface area contributed by atoms with Gasteiger partial charge in [-0.3, -0.25) is 4.79 Å². The second-order valence-corrected chi connectivity index (χ2v) is 6.41. The lowest BCUT2D eigenvalue weighted by Crippen LogP contribution is -2.22. The molecule has 1 aromatic heterocycles. The summed E-state index contributed by atoms with van der Waals surface area (Å²) in [6.45, 7) is 0. The van der Waals surface area contributed by atoms with Gasteiger partial charge in [0.05, 0.1) is 7.11 Å². The number of ether oxygens (including phenoxy) is 1. The van der Waals surface area contributed by atoms with Crippen LogP contribution in [0.15, 0.2) is 89.6 Å². The molecule has 0 aliphatic rings. The summed E-state index contributed by atoms with van der Waals surface area (Å²) in [6, 6.07) is 25.6. The molecule has 0 aliphatic carbocycles. The Hall–Kier alpha value is -3.93. The average Bonchev–Trinajstić information content (AvgIpc) is 3.28. The molecule has 0 aliphatic heterocycles. The highest BCUT2D eigenvalue weighted by molar-refractivity contribution is 6.04. The number of benzene rings is 3. The van der Waals surface area contributed by atoms with Gasteiger partial charge in [-0.1, -0.05) is 66.7 Å². The van der Waals surface area contributed by atoms with Crippen molar-refractivity contribution in [3.8, 4) is 17.0 Å². The monoisotopic (exact) mass is 385 g/mol. The lowest BCUT2D eigenvalue weighted by atomic mass is 9.97. The summed E-state index contributed by atoms with van der Waals surface area (Å²) >= 11 is 0. The van der Waals surface area contributed by atoms with Crippen molar-refractivity contribution in [2.45, 2.75) is 6.04 Å². The van der Waals surface area contributed by atoms with Crippen LogP contribution in [0.4, 0.5) is 5.69 Å². The molecule has 0 saturated heterocycles. The topological polar surface area (TPSA) is 77.2 Å². The fraction of sp³-hybridized carbons (Fsp3) is 0.0870. The number of hydrogen-bond acceptors (Lipinski definition) is 6. The van der Waals surface area contributed by atoms with E-state index in [1.54, 1.807) is 7.11 Å². The van der Waals surface area contributed by atoms with Gasteiger partial charge in [-0.2, -0.15) is 0 Å². The Morgan fingerprint density at radius 3 is 2.38 bits per heavy atom. The van der Waals surface area contributed by atoms with Crippen LogP contribution in [0.5, 0.6) is 5.75 Å². The molecule has 29 heavy (non-hydrogen) atoms. The van der Waals surface area contributed by atoms with Crippen LogP contribution in [0.2, 0.25) is 0 Å². The lowest BCUT2D eigenvalue weighted by Gasteiger charge is -2.19. The number of carbonyl (C=O) groups excluding carboxylic acids is 1. The Balaban J connectivity index is 1.72. The van der Waals surface area contributed by atoms with Gasteiger partial charge in [0.1, 0.15) is 17.5 Å². The summed E-state index contributed by atoms with van der Waals surface area (Å²) in [7, 11) is 1.60. The average molecular weight is 385 g/mol. The van der Waals surface area contributed by atoms with Crippen LogP contribution in [0.3, 0.4) is 0 Å². The number of aromatic nitrogens is 2. The quantitative estimate of drug-likeness (QED) is 0.461. The fourth-order valence-electron chi connectivity index (χ4n) is 3.10. The second kappa shape index (κ2) is 8.39. The summed E-state index contributed by atoms with van der Waals surface area (Å²) in [4.78, 5) is 13.5. The molecule has 1 atom stereocenters. The number of ketones is 1. The number of carbonyl (C=O) groups is 1. The maximum absolute atomic E-state index is 13.5. The highest BCUT2D eigenvalue weighted by atomic mass is 16.6. The van der Waals surface area contributed by atoms with Crippen LogP contribution in [0.25, 0.3) is 11.3 Å². The minimum Gasteiger partial charge on any atom is -0.497 e. The number of anilines is 1. The minimum absolute atomic E-state index is 0.181. The summed E-state index contributed by atoms with van der Waals surface area (Å²) < 4.78 is 10.2. The van der Waals surface area contributed by atoms with Crippen LogP contribution in [0.1, 0.15) is 22.1 Å². The number of nitrogens with zero attached hydrogens (tertiary/aromatic N) is 2. The van der Waals surface area contributed by atoms with Gasteiger partial charge < -0.3 is 10.1 Å². The Morgan fingerprint density at radius 2 is 1.66 bits per heavy atom. The smallest absolute Gasteiger partial charge is 0.213 e. The molecule has 144 valence electrons. The van der Waals surface area contributed by atoms with Gasteiger partial charge in [-0.25, -0.2) is 4.63 Å². The first-order chi connectivity index (χ1) is 14.3. The molecule has 0 bridgehead atoms. The molecule has 3 aromatic carbocycles. The van der Waals surface area contributed by atoms with Gasteiger partial charge in [-0.05, 0) is 28.0 Å². The van der Waals surface area contributed by atoms with Crippen LogP contribution >= 0.6 is 0 Å². The Morgan fingerprint density at radius 1 is 0.931 bits per heavy atom. The van der Waals surface area contributed by atoms with E-state index in [0.717, 1.165) is 16.8 Å². The zero-order valence-corrected chi connectivity index (χ0v) is 15.8. The molecule has 4 rings (SSSR count). The van der Waals surface area contributed by atoms with Crippen molar-refractivity contribution in [1.29, 1.82) is 0 Å². The summed E-state index contributed by atoms with van der Waals surface area (Å²) in [6.07, 6.45) is 0. The first kappa shape index (κ1) is 18.4. The zero-order chi connectivity index (χ0) is 20.1. The van der Waals surface area contributed by atoms with Gasteiger partial charge in [-0.15, -0.1) is 0 Å². The van der Waals surface area contributed by atoms with Crippen molar-refractivity contribution in [2.75, 3.05) is 12.4 Å². The molecule has 4 aromatic rings. The van der Waals surface area contributed by atoms with E-state index in [4.69, 9.17) is 9.37 Å². The molecule has 6 nitrogen and oxygen atoms in total. The summed E-state index contributed by atoms with van der Waals surface area (Å²) in [5.41, 5.74) is 2.93. The van der Waals surface area contributed by atoms with Crippen molar-refractivity contribution in [3.05, 3.63) is 96.2 Å². The molecular formula is C23H19N3O3. The van der Waals surface area contributed by atoms with E-state index >= 15 is 0 Å². The van der Waals surface area contributed by atoms with Crippen LogP contribution in [-0.4, -0.2) is 23.2 Å². The molecule has 0 spiro atoms. The minimum atomic E-state index is -0.669. The maximum atomic E-state index is 13.5. The van der Waals surface area contributed by atoms with Gasteiger partial charge in [0.15, 0.2) is 5.69 Å². The Labute approximate surface area is 168 Å². The predicted octanol–water partition coefficient (Wildman–Crippen LogP) is 4.78. The molecule has 1 N–H and O–H groups in total. The van der Waals surface area contributed by atoms with E-state index in [0.29, 0.717) is 11.4 Å². The fourth-order valence-corrected chi connectivity index (χ4v) is 3.10. The first-order valence-electron chi connectivity index (χ1n) is 9.14. The normalized spacial score (nSPS) is 11.6.